The van der Waals surface area contributed by atoms with E-state index in [-0.39, 0.29) is 18.6 Å². The van der Waals surface area contributed by atoms with Crippen molar-refractivity contribution in [3.8, 4) is 11.4 Å². The van der Waals surface area contributed by atoms with Gasteiger partial charge in [0, 0.05) is 18.2 Å². The van der Waals surface area contributed by atoms with Crippen LogP contribution in [0.15, 0.2) is 24.3 Å². The summed E-state index contributed by atoms with van der Waals surface area (Å²) >= 11 is 0. The number of carbonyl (C=O) groups is 2. The monoisotopic (exact) mass is 399 g/mol. The fraction of sp³-hybridized carbons (Fsp3) is 0.571. The Hall–Kier alpha value is -2.77. The molecule has 0 saturated heterocycles. The summed E-state index contributed by atoms with van der Waals surface area (Å²) in [4.78, 5) is 28.1. The third-order valence-corrected chi connectivity index (χ3v) is 5.11. The molecule has 0 N–H and O–H groups in total. The number of benzene rings is 1. The minimum absolute atomic E-state index is 0.0117. The van der Waals surface area contributed by atoms with Crippen LogP contribution in [0.25, 0.3) is 11.4 Å². The SMILES string of the molecule is CCN(C(=O)Cn1nnc(-c2cccc(C(=O)OC(C)C)c2)n1)C1CCCCC1. The number of nitrogens with zero attached hydrogens (tertiary/aromatic N) is 5. The van der Waals surface area contributed by atoms with Gasteiger partial charge in [0.25, 0.3) is 0 Å². The van der Waals surface area contributed by atoms with Crippen LogP contribution < -0.4 is 0 Å². The molecule has 1 amide bonds. The molecule has 1 heterocycles. The van der Waals surface area contributed by atoms with Crippen LogP contribution >= 0.6 is 0 Å². The highest BCUT2D eigenvalue weighted by molar-refractivity contribution is 5.90. The Morgan fingerprint density at radius 1 is 1.24 bits per heavy atom. The fourth-order valence-electron chi connectivity index (χ4n) is 3.74. The van der Waals surface area contributed by atoms with E-state index in [9.17, 15) is 9.59 Å². The van der Waals surface area contributed by atoms with Crippen molar-refractivity contribution < 1.29 is 14.3 Å². The molecule has 3 rings (SSSR count). The maximum absolute atomic E-state index is 12.8. The number of likely N-dealkylation sites (N-methyl/N-ethyl adjacent to an activating group) is 1. The van der Waals surface area contributed by atoms with Gasteiger partial charge < -0.3 is 9.64 Å². The van der Waals surface area contributed by atoms with Crippen molar-refractivity contribution in [3.63, 3.8) is 0 Å². The van der Waals surface area contributed by atoms with Crippen LogP contribution in [-0.4, -0.2) is 55.7 Å². The summed E-state index contributed by atoms with van der Waals surface area (Å²) in [7, 11) is 0. The van der Waals surface area contributed by atoms with Gasteiger partial charge in [-0.15, -0.1) is 10.2 Å². The van der Waals surface area contributed by atoms with E-state index < -0.39 is 5.97 Å². The van der Waals surface area contributed by atoms with Gasteiger partial charge in [0.2, 0.25) is 11.7 Å². The Morgan fingerprint density at radius 3 is 2.69 bits per heavy atom. The highest BCUT2D eigenvalue weighted by Gasteiger charge is 2.25. The van der Waals surface area contributed by atoms with Crippen molar-refractivity contribution in [3.05, 3.63) is 29.8 Å². The molecule has 1 aromatic heterocycles. The molecule has 29 heavy (non-hydrogen) atoms. The molecule has 0 atom stereocenters. The number of ether oxygens (including phenoxy) is 1. The van der Waals surface area contributed by atoms with Crippen LogP contribution in [0.5, 0.6) is 0 Å². The summed E-state index contributed by atoms with van der Waals surface area (Å²) in [5, 5.41) is 12.4. The molecule has 1 aliphatic rings. The number of rotatable bonds is 7. The summed E-state index contributed by atoms with van der Waals surface area (Å²) in [6.07, 6.45) is 5.54. The average molecular weight is 399 g/mol. The third kappa shape index (κ3) is 5.40. The van der Waals surface area contributed by atoms with Gasteiger partial charge in [-0.2, -0.15) is 4.80 Å². The molecule has 2 aromatic rings. The van der Waals surface area contributed by atoms with Gasteiger partial charge in [0.1, 0.15) is 6.54 Å². The minimum atomic E-state index is -0.393. The largest absolute Gasteiger partial charge is 0.459 e. The van der Waals surface area contributed by atoms with Crippen molar-refractivity contribution in [2.45, 2.75) is 71.6 Å². The molecule has 0 radical (unpaired) electrons. The first kappa shape index (κ1) is 21.0. The summed E-state index contributed by atoms with van der Waals surface area (Å²) in [6, 6.07) is 7.22. The van der Waals surface area contributed by atoms with Gasteiger partial charge in [0.15, 0.2) is 0 Å². The molecule has 0 aliphatic heterocycles. The number of esters is 1. The Morgan fingerprint density at radius 2 is 2.00 bits per heavy atom. The molecule has 0 spiro atoms. The summed E-state index contributed by atoms with van der Waals surface area (Å²) in [5.41, 5.74) is 1.08. The lowest BCUT2D eigenvalue weighted by Gasteiger charge is -2.33. The van der Waals surface area contributed by atoms with Crippen LogP contribution in [0, 0.1) is 0 Å². The molecular formula is C21H29N5O3. The Labute approximate surface area is 171 Å². The zero-order valence-corrected chi connectivity index (χ0v) is 17.4. The fourth-order valence-corrected chi connectivity index (χ4v) is 3.74. The van der Waals surface area contributed by atoms with E-state index in [0.717, 1.165) is 12.8 Å². The summed E-state index contributed by atoms with van der Waals surface area (Å²) in [6.45, 7) is 6.36. The summed E-state index contributed by atoms with van der Waals surface area (Å²) in [5.74, 6) is -0.00851. The first-order valence-corrected chi connectivity index (χ1v) is 10.4. The smallest absolute Gasteiger partial charge is 0.338 e. The number of carbonyl (C=O) groups excluding carboxylic acids is 2. The van der Waals surface area contributed by atoms with E-state index in [1.54, 1.807) is 38.1 Å². The van der Waals surface area contributed by atoms with Crippen molar-refractivity contribution >= 4 is 11.9 Å². The van der Waals surface area contributed by atoms with Gasteiger partial charge in [-0.25, -0.2) is 4.79 Å². The second-order valence-electron chi connectivity index (χ2n) is 7.65. The van der Waals surface area contributed by atoms with E-state index in [1.165, 1.54) is 24.1 Å². The average Bonchev–Trinajstić information content (AvgIpc) is 3.17. The number of hydrogen-bond donors (Lipinski definition) is 0. The van der Waals surface area contributed by atoms with Gasteiger partial charge in [0.05, 0.1) is 11.7 Å². The van der Waals surface area contributed by atoms with Crippen molar-refractivity contribution in [1.29, 1.82) is 0 Å². The Balaban J connectivity index is 1.69. The lowest BCUT2D eigenvalue weighted by molar-refractivity contribution is -0.135. The molecule has 1 saturated carbocycles. The zero-order chi connectivity index (χ0) is 20.8. The van der Waals surface area contributed by atoms with Gasteiger partial charge in [-0.05, 0) is 51.0 Å². The van der Waals surface area contributed by atoms with E-state index in [4.69, 9.17) is 4.74 Å². The zero-order valence-electron chi connectivity index (χ0n) is 17.4. The van der Waals surface area contributed by atoms with Crippen LogP contribution in [0.3, 0.4) is 0 Å². The predicted octanol–water partition coefficient (Wildman–Crippen LogP) is 3.09. The molecule has 8 nitrogen and oxygen atoms in total. The topological polar surface area (TPSA) is 90.2 Å². The van der Waals surface area contributed by atoms with Crippen molar-refractivity contribution in [1.82, 2.24) is 25.1 Å². The quantitative estimate of drug-likeness (QED) is 0.665. The Bertz CT molecular complexity index is 842. The number of tetrazole rings is 1. The normalized spacial score (nSPS) is 14.8. The van der Waals surface area contributed by atoms with E-state index in [1.807, 2.05) is 11.8 Å². The molecular weight excluding hydrogens is 370 g/mol. The van der Waals surface area contributed by atoms with Gasteiger partial charge >= 0.3 is 5.97 Å². The molecule has 156 valence electrons. The lowest BCUT2D eigenvalue weighted by atomic mass is 9.94. The first-order chi connectivity index (χ1) is 14.0. The second kappa shape index (κ2) is 9.62. The Kier molecular flexibility index (Phi) is 6.95. The third-order valence-electron chi connectivity index (χ3n) is 5.11. The van der Waals surface area contributed by atoms with E-state index >= 15 is 0 Å². The number of aromatic nitrogens is 4. The van der Waals surface area contributed by atoms with E-state index in [0.29, 0.717) is 29.5 Å². The standard InChI is InChI=1S/C21H29N5O3/c1-4-25(18-11-6-5-7-12-18)19(27)14-26-23-20(22-24-26)16-9-8-10-17(13-16)21(28)29-15(2)3/h8-10,13,15,18H,4-7,11-12,14H2,1-3H3. The van der Waals surface area contributed by atoms with Gasteiger partial charge in [-0.3, -0.25) is 4.79 Å². The van der Waals surface area contributed by atoms with Crippen LogP contribution in [0.2, 0.25) is 0 Å². The molecule has 1 fully saturated rings. The summed E-state index contributed by atoms with van der Waals surface area (Å²) < 4.78 is 5.23. The number of hydrogen-bond acceptors (Lipinski definition) is 6. The highest BCUT2D eigenvalue weighted by atomic mass is 16.5. The molecule has 8 heteroatoms. The van der Waals surface area contributed by atoms with Crippen LogP contribution in [0.1, 0.15) is 63.2 Å². The minimum Gasteiger partial charge on any atom is -0.459 e. The molecule has 0 bridgehead atoms. The molecule has 0 unspecified atom stereocenters. The molecule has 1 aliphatic carbocycles. The number of amides is 1. The lowest BCUT2D eigenvalue weighted by Crippen LogP contribution is -2.43. The van der Waals surface area contributed by atoms with E-state index in [2.05, 4.69) is 15.4 Å². The highest BCUT2D eigenvalue weighted by Crippen LogP contribution is 2.23. The van der Waals surface area contributed by atoms with Gasteiger partial charge in [-0.1, -0.05) is 31.4 Å². The van der Waals surface area contributed by atoms with Crippen molar-refractivity contribution in [2.75, 3.05) is 6.54 Å². The predicted molar refractivity (Wildman–Crippen MR) is 108 cm³/mol. The molecule has 1 aromatic carbocycles. The van der Waals surface area contributed by atoms with Crippen LogP contribution in [-0.2, 0) is 16.1 Å². The van der Waals surface area contributed by atoms with Crippen molar-refractivity contribution in [2.24, 2.45) is 0 Å². The van der Waals surface area contributed by atoms with Crippen LogP contribution in [0.4, 0.5) is 0 Å². The maximum Gasteiger partial charge on any atom is 0.338 e. The first-order valence-electron chi connectivity index (χ1n) is 10.4. The second-order valence-corrected chi connectivity index (χ2v) is 7.65. The maximum atomic E-state index is 12.8.